The molecule has 6 aromatic rings. The summed E-state index contributed by atoms with van der Waals surface area (Å²) in [5.74, 6) is 0. The second-order valence-electron chi connectivity index (χ2n) is 12.9. The molecule has 0 fully saturated rings. The summed E-state index contributed by atoms with van der Waals surface area (Å²) in [5.41, 5.74) is 7.89. The minimum atomic E-state index is 1.18. The summed E-state index contributed by atoms with van der Waals surface area (Å²) in [4.78, 5) is 0. The van der Waals surface area contributed by atoms with Gasteiger partial charge in [-0.25, -0.2) is 0 Å². The largest absolute Gasteiger partial charge is 0.0654 e. The van der Waals surface area contributed by atoms with Crippen LogP contribution < -0.4 is 0 Å². The zero-order valence-electron chi connectivity index (χ0n) is 27.8. The maximum Gasteiger partial charge on any atom is -0.00926 e. The molecule has 0 bridgehead atoms. The van der Waals surface area contributed by atoms with Crippen molar-refractivity contribution in [1.82, 2.24) is 0 Å². The first-order chi connectivity index (χ1) is 22.7. The van der Waals surface area contributed by atoms with E-state index < -0.39 is 0 Å². The number of hydrogen-bond acceptors (Lipinski definition) is 0. The molecule has 0 atom stereocenters. The normalized spacial score (nSPS) is 12.0. The fourth-order valence-corrected chi connectivity index (χ4v) is 6.76. The maximum absolute atomic E-state index is 2.39. The molecule has 0 nitrogen and oxygen atoms in total. The van der Waals surface area contributed by atoms with Crippen molar-refractivity contribution in [2.45, 2.75) is 78.1 Å². The van der Waals surface area contributed by atoms with Crippen molar-refractivity contribution in [2.75, 3.05) is 0 Å². The molecule has 232 valence electrons. The van der Waals surface area contributed by atoms with Crippen LogP contribution in [0.5, 0.6) is 0 Å². The summed E-state index contributed by atoms with van der Waals surface area (Å²) in [6.45, 7) is 4.54. The molecule has 0 radical (unpaired) electrons. The van der Waals surface area contributed by atoms with Crippen LogP contribution in [0.15, 0.2) is 109 Å². The first kappa shape index (κ1) is 31.6. The van der Waals surface area contributed by atoms with E-state index in [-0.39, 0.29) is 0 Å². The molecule has 0 aromatic heterocycles. The van der Waals surface area contributed by atoms with Crippen LogP contribution in [0.1, 0.15) is 98.6 Å². The van der Waals surface area contributed by atoms with Gasteiger partial charge in [-0.3, -0.25) is 0 Å². The van der Waals surface area contributed by atoms with Crippen LogP contribution in [0.3, 0.4) is 0 Å². The Hall–Kier alpha value is -4.42. The van der Waals surface area contributed by atoms with E-state index in [1.54, 1.807) is 0 Å². The lowest BCUT2D eigenvalue weighted by molar-refractivity contribution is 0.667. The van der Waals surface area contributed by atoms with E-state index in [9.17, 15) is 0 Å². The van der Waals surface area contributed by atoms with Gasteiger partial charge in [-0.1, -0.05) is 174 Å². The lowest BCUT2D eigenvalue weighted by Gasteiger charge is -2.13. The predicted octanol–water partition coefficient (Wildman–Crippen LogP) is 13.7. The molecule has 0 aliphatic heterocycles. The van der Waals surface area contributed by atoms with E-state index in [1.165, 1.54) is 130 Å². The highest BCUT2D eigenvalue weighted by molar-refractivity contribution is 6.21. The van der Waals surface area contributed by atoms with E-state index in [1.807, 2.05) is 0 Å². The molecule has 6 rings (SSSR count). The Bertz CT molecular complexity index is 1790. The fourth-order valence-electron chi connectivity index (χ4n) is 6.76. The molecule has 0 spiro atoms. The van der Waals surface area contributed by atoms with E-state index in [2.05, 4.69) is 147 Å². The number of fused-ring (bicyclic) bond motifs is 5. The Morgan fingerprint density at radius 2 is 0.761 bits per heavy atom. The Morgan fingerprint density at radius 3 is 1.15 bits per heavy atom. The molecule has 6 aromatic carbocycles. The van der Waals surface area contributed by atoms with E-state index in [4.69, 9.17) is 0 Å². The Kier molecular flexibility index (Phi) is 10.8. The monoisotopic (exact) mass is 600 g/mol. The topological polar surface area (TPSA) is 0 Å². The van der Waals surface area contributed by atoms with Gasteiger partial charge in [0.2, 0.25) is 0 Å². The van der Waals surface area contributed by atoms with Crippen LogP contribution in [-0.2, 0) is 12.8 Å². The van der Waals surface area contributed by atoms with Crippen LogP contribution in [0.25, 0.3) is 56.6 Å². The first-order valence-electron chi connectivity index (χ1n) is 17.6. The zero-order valence-corrected chi connectivity index (χ0v) is 27.8. The third kappa shape index (κ3) is 7.68. The molecule has 0 aliphatic carbocycles. The smallest absolute Gasteiger partial charge is 0.00926 e. The van der Waals surface area contributed by atoms with Gasteiger partial charge < -0.3 is 0 Å². The highest BCUT2D eigenvalue weighted by Gasteiger charge is 2.11. The van der Waals surface area contributed by atoms with Crippen LogP contribution >= 0.6 is 0 Å². The maximum atomic E-state index is 2.39. The van der Waals surface area contributed by atoms with Crippen molar-refractivity contribution in [1.29, 1.82) is 0 Å². The molecule has 0 heteroatoms. The number of aryl methyl sites for hydroxylation is 2. The fraction of sp³-hybridized carbons (Fsp3) is 0.261. The van der Waals surface area contributed by atoms with Crippen molar-refractivity contribution >= 4 is 56.6 Å². The highest BCUT2D eigenvalue weighted by atomic mass is 14.1. The summed E-state index contributed by atoms with van der Waals surface area (Å²) >= 11 is 0. The van der Waals surface area contributed by atoms with Gasteiger partial charge >= 0.3 is 0 Å². The number of rotatable bonds is 14. The molecular formula is C46H48. The van der Waals surface area contributed by atoms with Crippen LogP contribution in [0.4, 0.5) is 0 Å². The van der Waals surface area contributed by atoms with Gasteiger partial charge in [0.15, 0.2) is 0 Å². The van der Waals surface area contributed by atoms with Crippen molar-refractivity contribution in [3.63, 3.8) is 0 Å². The second kappa shape index (κ2) is 15.7. The quantitative estimate of drug-likeness (QED) is 0.0663. The van der Waals surface area contributed by atoms with Crippen LogP contribution in [0, 0.1) is 0 Å². The summed E-state index contributed by atoms with van der Waals surface area (Å²) in [6.07, 6.45) is 21.9. The molecular weight excluding hydrogens is 553 g/mol. The summed E-state index contributed by atoms with van der Waals surface area (Å²) in [6, 6.07) is 40.8. The van der Waals surface area contributed by atoms with Crippen LogP contribution in [-0.4, -0.2) is 0 Å². The lowest BCUT2D eigenvalue weighted by Crippen LogP contribution is -1.88. The van der Waals surface area contributed by atoms with Crippen molar-refractivity contribution in [3.05, 3.63) is 143 Å². The van der Waals surface area contributed by atoms with Gasteiger partial charge in [0.05, 0.1) is 0 Å². The Labute approximate surface area is 276 Å². The zero-order chi connectivity index (χ0) is 31.6. The highest BCUT2D eigenvalue weighted by Crippen LogP contribution is 2.37. The number of unbranched alkanes of at least 4 members (excludes halogenated alkanes) is 6. The van der Waals surface area contributed by atoms with Gasteiger partial charge in [0, 0.05) is 0 Å². The third-order valence-electron chi connectivity index (χ3n) is 9.45. The van der Waals surface area contributed by atoms with Crippen molar-refractivity contribution in [3.8, 4) is 0 Å². The molecule has 0 N–H and O–H groups in total. The standard InChI is InChI=1S/C46H48/c1-3-5-7-9-15-35-21-25-37(26-22-35)29-31-39-33-45-44-20-14-12-18-42(44)40(34-46(45)43-19-13-11-17-41(39)43)32-30-38-27-23-36(24-28-38)16-10-8-6-4-2/h11-14,17-34H,3-10,15-16H2,1-2H3. The molecule has 0 amide bonds. The van der Waals surface area contributed by atoms with E-state index >= 15 is 0 Å². The number of hydrogen-bond donors (Lipinski definition) is 0. The van der Waals surface area contributed by atoms with Gasteiger partial charge in [0.1, 0.15) is 0 Å². The Balaban J connectivity index is 1.31. The molecule has 0 saturated heterocycles. The summed E-state index contributed by atoms with van der Waals surface area (Å²) < 4.78 is 0. The minimum absolute atomic E-state index is 1.18. The van der Waals surface area contributed by atoms with Gasteiger partial charge in [-0.2, -0.15) is 0 Å². The van der Waals surface area contributed by atoms with Crippen molar-refractivity contribution < 1.29 is 0 Å². The average molecular weight is 601 g/mol. The SMILES string of the molecule is CCCCCCc1ccc(C=Cc2cc3c4ccccc4c(C=Cc4ccc(CCCCCC)cc4)cc3c3ccccc23)cc1. The van der Waals surface area contributed by atoms with Crippen molar-refractivity contribution in [2.24, 2.45) is 0 Å². The molecule has 0 aliphatic rings. The predicted molar refractivity (Wildman–Crippen MR) is 205 cm³/mol. The molecule has 0 saturated carbocycles. The lowest BCUT2D eigenvalue weighted by atomic mass is 9.90. The van der Waals surface area contributed by atoms with Gasteiger partial charge in [-0.05, 0) is 104 Å². The van der Waals surface area contributed by atoms with E-state index in [0.717, 1.165) is 0 Å². The number of benzene rings is 6. The molecule has 0 heterocycles. The van der Waals surface area contributed by atoms with E-state index in [0.29, 0.717) is 0 Å². The Morgan fingerprint density at radius 1 is 0.370 bits per heavy atom. The third-order valence-corrected chi connectivity index (χ3v) is 9.45. The molecule has 46 heavy (non-hydrogen) atoms. The van der Waals surface area contributed by atoms with Gasteiger partial charge in [0.25, 0.3) is 0 Å². The van der Waals surface area contributed by atoms with Crippen LogP contribution in [0.2, 0.25) is 0 Å². The first-order valence-corrected chi connectivity index (χ1v) is 17.6. The molecule has 0 unspecified atom stereocenters. The minimum Gasteiger partial charge on any atom is -0.0654 e. The summed E-state index contributed by atoms with van der Waals surface area (Å²) in [5, 5.41) is 7.80. The summed E-state index contributed by atoms with van der Waals surface area (Å²) in [7, 11) is 0. The average Bonchev–Trinajstić information content (AvgIpc) is 3.11. The second-order valence-corrected chi connectivity index (χ2v) is 12.9. The van der Waals surface area contributed by atoms with Gasteiger partial charge in [-0.15, -0.1) is 0 Å².